The summed E-state index contributed by atoms with van der Waals surface area (Å²) in [4.78, 5) is 0. The Hall–Kier alpha value is 0.420. The van der Waals surface area contributed by atoms with Crippen molar-refractivity contribution in [1.29, 1.82) is 0 Å². The number of halogens is 2. The predicted molar refractivity (Wildman–Crippen MR) is 63.6 cm³/mol. The number of hydrogen-bond donors (Lipinski definition) is 4. The van der Waals surface area contributed by atoms with E-state index >= 15 is 0 Å². The lowest BCUT2D eigenvalue weighted by Gasteiger charge is -2.13. The van der Waals surface area contributed by atoms with Crippen molar-refractivity contribution in [3.8, 4) is 0 Å². The van der Waals surface area contributed by atoms with Gasteiger partial charge in [0.15, 0.2) is 0 Å². The summed E-state index contributed by atoms with van der Waals surface area (Å²) in [7, 11) is 0. The number of aliphatic hydroxyl groups excluding tert-OH is 2. The minimum Gasteiger partial charge on any atom is -0.395 e. The topological polar surface area (TPSA) is 64.5 Å². The van der Waals surface area contributed by atoms with Crippen LogP contribution in [0.1, 0.15) is 13.8 Å². The van der Waals surface area contributed by atoms with E-state index in [-0.39, 0.29) is 50.1 Å². The second-order valence-electron chi connectivity index (χ2n) is 3.08. The fourth-order valence-corrected chi connectivity index (χ4v) is 0.766. The Bertz CT molecular complexity index is 97.3. The molecule has 0 saturated carbocycles. The number of aliphatic hydroxyl groups is 2. The molecule has 90 valence electrons. The van der Waals surface area contributed by atoms with Gasteiger partial charge in [0.25, 0.3) is 0 Å². The molecule has 4 N–H and O–H groups in total. The highest BCUT2D eigenvalue weighted by atomic mass is 35.5. The van der Waals surface area contributed by atoms with Crippen molar-refractivity contribution in [2.75, 3.05) is 26.3 Å². The van der Waals surface area contributed by atoms with Crippen molar-refractivity contribution in [1.82, 2.24) is 10.6 Å². The fraction of sp³-hybridized carbons (Fsp3) is 1.00. The van der Waals surface area contributed by atoms with Gasteiger partial charge in [-0.2, -0.15) is 0 Å². The van der Waals surface area contributed by atoms with Crippen molar-refractivity contribution < 1.29 is 10.2 Å². The maximum absolute atomic E-state index is 8.67. The number of hydrogen-bond acceptors (Lipinski definition) is 4. The molecule has 6 heteroatoms. The quantitative estimate of drug-likeness (QED) is 0.471. The summed E-state index contributed by atoms with van der Waals surface area (Å²) < 4.78 is 0. The van der Waals surface area contributed by atoms with Crippen molar-refractivity contribution in [3.63, 3.8) is 0 Å². The lowest BCUT2D eigenvalue weighted by Crippen LogP contribution is -2.39. The van der Waals surface area contributed by atoms with Gasteiger partial charge in [-0.05, 0) is 13.8 Å². The second kappa shape index (κ2) is 13.4. The zero-order valence-corrected chi connectivity index (χ0v) is 10.3. The Morgan fingerprint density at radius 1 is 0.857 bits per heavy atom. The third-order valence-corrected chi connectivity index (χ3v) is 1.66. The molecule has 0 unspecified atom stereocenters. The Kier molecular flexibility index (Phi) is 19.1. The molecule has 0 heterocycles. The first-order valence-electron chi connectivity index (χ1n) is 4.39. The van der Waals surface area contributed by atoms with Crippen LogP contribution in [0.2, 0.25) is 0 Å². The van der Waals surface area contributed by atoms with Gasteiger partial charge in [-0.1, -0.05) is 0 Å². The van der Waals surface area contributed by atoms with Gasteiger partial charge in [-0.25, -0.2) is 0 Å². The van der Waals surface area contributed by atoms with E-state index in [1.165, 1.54) is 0 Å². The maximum Gasteiger partial charge on any atom is 0.0581 e. The molecule has 0 aromatic heterocycles. The summed E-state index contributed by atoms with van der Waals surface area (Å²) in [5, 5.41) is 23.6. The predicted octanol–water partition coefficient (Wildman–Crippen LogP) is -0.229. The molecule has 0 aliphatic rings. The highest BCUT2D eigenvalue weighted by Crippen LogP contribution is 1.78. The van der Waals surface area contributed by atoms with Crippen LogP contribution in [0.5, 0.6) is 0 Å². The van der Waals surface area contributed by atoms with Gasteiger partial charge in [-0.3, -0.25) is 0 Å². The van der Waals surface area contributed by atoms with Crippen molar-refractivity contribution >= 4 is 24.8 Å². The van der Waals surface area contributed by atoms with Crippen LogP contribution in [0, 0.1) is 0 Å². The first-order chi connectivity index (χ1) is 5.70. The first-order valence-corrected chi connectivity index (χ1v) is 4.39. The Labute approximate surface area is 98.3 Å². The molecule has 4 nitrogen and oxygen atoms in total. The van der Waals surface area contributed by atoms with E-state index in [1.54, 1.807) is 0 Å². The average Bonchev–Trinajstić information content (AvgIpc) is 2.11. The smallest absolute Gasteiger partial charge is 0.0581 e. The zero-order valence-electron chi connectivity index (χ0n) is 8.69. The van der Waals surface area contributed by atoms with Crippen LogP contribution < -0.4 is 10.6 Å². The molecule has 0 aromatic rings. The van der Waals surface area contributed by atoms with Crippen molar-refractivity contribution in [3.05, 3.63) is 0 Å². The van der Waals surface area contributed by atoms with Crippen LogP contribution >= 0.6 is 24.8 Å². The third kappa shape index (κ3) is 12.4. The molecule has 0 aliphatic carbocycles. The summed E-state index contributed by atoms with van der Waals surface area (Å²) in [6, 6.07) is 0.299. The molecule has 14 heavy (non-hydrogen) atoms. The van der Waals surface area contributed by atoms with Gasteiger partial charge in [0.1, 0.15) is 0 Å². The van der Waals surface area contributed by atoms with E-state index in [9.17, 15) is 0 Å². The molecule has 0 aliphatic heterocycles. The first kappa shape index (κ1) is 19.9. The minimum atomic E-state index is 0. The van der Waals surface area contributed by atoms with E-state index < -0.39 is 0 Å². The fourth-order valence-electron chi connectivity index (χ4n) is 0.766. The molecule has 0 fully saturated rings. The van der Waals surface area contributed by atoms with Crippen LogP contribution in [-0.4, -0.2) is 48.6 Å². The van der Waals surface area contributed by atoms with E-state index in [0.717, 1.165) is 13.1 Å². The Morgan fingerprint density at radius 3 is 1.36 bits per heavy atom. The SMILES string of the molecule is C[C@H](CO)NCCN[C@@H](C)CO.Cl.Cl. The maximum atomic E-state index is 8.67. The van der Waals surface area contributed by atoms with E-state index in [0.29, 0.717) is 0 Å². The molecule has 0 bridgehead atoms. The lowest BCUT2D eigenvalue weighted by molar-refractivity contribution is 0.242. The molecular weight excluding hydrogens is 227 g/mol. The third-order valence-electron chi connectivity index (χ3n) is 1.66. The number of nitrogens with one attached hydrogen (secondary N) is 2. The lowest BCUT2D eigenvalue weighted by atomic mass is 10.3. The Balaban J connectivity index is -0.000000605. The molecule has 0 rings (SSSR count). The van der Waals surface area contributed by atoms with Crippen molar-refractivity contribution in [2.45, 2.75) is 25.9 Å². The molecule has 0 amide bonds. The molecule has 2 atom stereocenters. The summed E-state index contributed by atoms with van der Waals surface area (Å²) in [5.41, 5.74) is 0. The minimum absolute atomic E-state index is 0. The van der Waals surface area contributed by atoms with Gasteiger partial charge >= 0.3 is 0 Å². The van der Waals surface area contributed by atoms with Gasteiger partial charge in [0, 0.05) is 25.2 Å². The summed E-state index contributed by atoms with van der Waals surface area (Å²) in [6.45, 7) is 5.80. The van der Waals surface area contributed by atoms with Crippen LogP contribution in [0.25, 0.3) is 0 Å². The molecule has 0 aromatic carbocycles. The van der Waals surface area contributed by atoms with Gasteiger partial charge in [-0.15, -0.1) is 24.8 Å². The van der Waals surface area contributed by atoms with E-state index in [2.05, 4.69) is 10.6 Å². The van der Waals surface area contributed by atoms with Gasteiger partial charge in [0.05, 0.1) is 13.2 Å². The average molecular weight is 249 g/mol. The van der Waals surface area contributed by atoms with Crippen LogP contribution in [-0.2, 0) is 0 Å². The van der Waals surface area contributed by atoms with E-state index in [4.69, 9.17) is 10.2 Å². The molecule has 0 spiro atoms. The van der Waals surface area contributed by atoms with Crippen LogP contribution in [0.4, 0.5) is 0 Å². The molecule has 0 radical (unpaired) electrons. The van der Waals surface area contributed by atoms with Gasteiger partial charge < -0.3 is 20.8 Å². The highest BCUT2D eigenvalue weighted by Gasteiger charge is 1.99. The molecule has 0 saturated heterocycles. The van der Waals surface area contributed by atoms with Gasteiger partial charge in [0.2, 0.25) is 0 Å². The zero-order chi connectivity index (χ0) is 9.40. The highest BCUT2D eigenvalue weighted by molar-refractivity contribution is 5.85. The molecular formula is C8H22Cl2N2O2. The van der Waals surface area contributed by atoms with Crippen LogP contribution in [0.3, 0.4) is 0 Å². The van der Waals surface area contributed by atoms with Crippen molar-refractivity contribution in [2.24, 2.45) is 0 Å². The second-order valence-corrected chi connectivity index (χ2v) is 3.08. The Morgan fingerprint density at radius 2 is 1.14 bits per heavy atom. The monoisotopic (exact) mass is 248 g/mol. The van der Waals surface area contributed by atoms with Crippen LogP contribution in [0.15, 0.2) is 0 Å². The summed E-state index contributed by atoms with van der Waals surface area (Å²) >= 11 is 0. The normalized spacial score (nSPS) is 13.7. The largest absolute Gasteiger partial charge is 0.395 e. The number of rotatable bonds is 7. The summed E-state index contributed by atoms with van der Waals surface area (Å²) in [5.74, 6) is 0. The van der Waals surface area contributed by atoms with E-state index in [1.807, 2.05) is 13.8 Å². The standard InChI is InChI=1S/C8H20N2O2.2ClH/c1-7(5-11)9-3-4-10-8(2)6-12;;/h7-12H,3-6H2,1-2H3;2*1H/t7-,8+;;. The summed E-state index contributed by atoms with van der Waals surface area (Å²) in [6.07, 6.45) is 0.